The van der Waals surface area contributed by atoms with Gasteiger partial charge >= 0.3 is 0 Å². The lowest BCUT2D eigenvalue weighted by Gasteiger charge is -2.36. The van der Waals surface area contributed by atoms with Gasteiger partial charge in [0.1, 0.15) is 5.69 Å². The summed E-state index contributed by atoms with van der Waals surface area (Å²) in [6.07, 6.45) is 4.92. The van der Waals surface area contributed by atoms with Crippen molar-refractivity contribution in [3.63, 3.8) is 0 Å². The normalized spacial score (nSPS) is 12.5. The molecule has 0 spiro atoms. The number of H-pyrrole nitrogens is 3. The molecule has 2 aromatic carbocycles. The van der Waals surface area contributed by atoms with Crippen molar-refractivity contribution < 1.29 is 4.43 Å². The maximum absolute atomic E-state index is 13.2. The van der Waals surface area contributed by atoms with Crippen LogP contribution >= 0.6 is 0 Å². The predicted octanol–water partition coefficient (Wildman–Crippen LogP) is 6.30. The minimum Gasteiger partial charge on any atom is -0.529 e. The summed E-state index contributed by atoms with van der Waals surface area (Å²) < 4.78 is 6.70. The Labute approximate surface area is 205 Å². The summed E-state index contributed by atoms with van der Waals surface area (Å²) in [5, 5.41) is 2.23. The fraction of sp³-hybridized carbons (Fsp3) is 0.286. The van der Waals surface area contributed by atoms with Crippen LogP contribution in [0.25, 0.3) is 21.8 Å². The first-order valence-corrected chi connectivity index (χ1v) is 14.9. The summed E-state index contributed by atoms with van der Waals surface area (Å²) in [5.41, 5.74) is 5.27. The van der Waals surface area contributed by atoms with E-state index in [1.54, 1.807) is 0 Å². The Hall–Kier alpha value is -3.58. The van der Waals surface area contributed by atoms with Gasteiger partial charge in [-0.25, -0.2) is 4.98 Å². The predicted molar refractivity (Wildman–Crippen MR) is 145 cm³/mol. The molecule has 180 valence electrons. The van der Waals surface area contributed by atoms with Crippen molar-refractivity contribution >= 4 is 30.1 Å². The Morgan fingerprint density at radius 2 is 1.40 bits per heavy atom. The molecule has 35 heavy (non-hydrogen) atoms. The zero-order valence-corrected chi connectivity index (χ0v) is 22.0. The third-order valence-corrected chi connectivity index (χ3v) is 11.6. The van der Waals surface area contributed by atoms with E-state index in [0.29, 0.717) is 30.1 Å². The molecule has 5 aromatic rings. The van der Waals surface area contributed by atoms with Gasteiger partial charge in [0.2, 0.25) is 5.88 Å². The number of benzene rings is 2. The van der Waals surface area contributed by atoms with Crippen molar-refractivity contribution in [1.29, 1.82) is 0 Å². The Morgan fingerprint density at radius 3 is 1.97 bits per heavy atom. The lowest BCUT2D eigenvalue weighted by molar-refractivity contribution is 0.465. The molecule has 0 amide bonds. The van der Waals surface area contributed by atoms with Crippen molar-refractivity contribution in [2.45, 2.75) is 51.7 Å². The van der Waals surface area contributed by atoms with Gasteiger partial charge in [0.25, 0.3) is 13.9 Å². The Kier molecular flexibility index (Phi) is 5.67. The van der Waals surface area contributed by atoms with Gasteiger partial charge in [0, 0.05) is 47.0 Å². The summed E-state index contributed by atoms with van der Waals surface area (Å²) in [7, 11) is -2.19. The van der Waals surface area contributed by atoms with Gasteiger partial charge in [0.05, 0.1) is 5.69 Å². The highest BCUT2D eigenvalue weighted by Crippen LogP contribution is 2.38. The molecule has 6 nitrogen and oxygen atoms in total. The average Bonchev–Trinajstić information content (AvgIpc) is 3.40. The van der Waals surface area contributed by atoms with E-state index in [1.807, 2.05) is 42.7 Å². The maximum atomic E-state index is 13.2. The lowest BCUT2D eigenvalue weighted by Crippen LogP contribution is -2.44. The fourth-order valence-corrected chi connectivity index (χ4v) is 5.11. The van der Waals surface area contributed by atoms with E-state index in [1.165, 1.54) is 0 Å². The van der Waals surface area contributed by atoms with Gasteiger partial charge in [0.15, 0.2) is 0 Å². The van der Waals surface area contributed by atoms with Gasteiger partial charge in [-0.15, -0.1) is 0 Å². The number of aromatic nitrogens is 4. The van der Waals surface area contributed by atoms with Crippen LogP contribution in [0.15, 0.2) is 65.7 Å². The molecule has 0 fully saturated rings. The van der Waals surface area contributed by atoms with Crippen molar-refractivity contribution in [2.24, 2.45) is 0 Å². The van der Waals surface area contributed by atoms with Crippen LogP contribution in [0.1, 0.15) is 43.3 Å². The van der Waals surface area contributed by atoms with E-state index in [9.17, 15) is 4.79 Å². The summed E-state index contributed by atoms with van der Waals surface area (Å²) in [6, 6.07) is 16.3. The third-order valence-electron chi connectivity index (χ3n) is 7.25. The number of hydrogen-bond acceptors (Lipinski definition) is 3. The van der Waals surface area contributed by atoms with Crippen LogP contribution in [-0.4, -0.2) is 28.3 Å². The van der Waals surface area contributed by atoms with E-state index in [4.69, 9.17) is 9.41 Å². The van der Waals surface area contributed by atoms with Crippen molar-refractivity contribution in [3.05, 3.63) is 93.8 Å². The van der Waals surface area contributed by atoms with Crippen LogP contribution in [0, 0.1) is 0 Å². The maximum Gasteiger partial charge on any atom is 0.270 e. The highest BCUT2D eigenvalue weighted by atomic mass is 28.4. The molecular weight excluding hydrogens is 452 g/mol. The van der Waals surface area contributed by atoms with Crippen LogP contribution < -0.4 is 9.99 Å². The lowest BCUT2D eigenvalue weighted by atomic mass is 10.1. The van der Waals surface area contributed by atoms with Crippen LogP contribution in [0.5, 0.6) is 5.88 Å². The van der Waals surface area contributed by atoms with Gasteiger partial charge in [-0.1, -0.05) is 57.2 Å². The first-order chi connectivity index (χ1) is 16.6. The molecular formula is C28H32N4O2Si. The fourth-order valence-electron chi connectivity index (χ4n) is 4.15. The van der Waals surface area contributed by atoms with Gasteiger partial charge < -0.3 is 19.4 Å². The Balaban J connectivity index is 1.58. The molecule has 0 aliphatic heterocycles. The molecule has 3 heterocycles. The van der Waals surface area contributed by atoms with Crippen LogP contribution in [0.3, 0.4) is 0 Å². The Morgan fingerprint density at radius 1 is 0.857 bits per heavy atom. The molecule has 5 rings (SSSR count). The highest BCUT2D eigenvalue weighted by molar-refractivity contribution is 6.74. The minimum absolute atomic E-state index is 0.000128. The summed E-state index contributed by atoms with van der Waals surface area (Å²) >= 11 is 0. The zero-order chi connectivity index (χ0) is 24.8. The first kappa shape index (κ1) is 23.2. The monoisotopic (exact) mass is 484 g/mol. The van der Waals surface area contributed by atoms with E-state index >= 15 is 0 Å². The zero-order valence-electron chi connectivity index (χ0n) is 21.0. The summed E-state index contributed by atoms with van der Waals surface area (Å²) in [4.78, 5) is 27.8. The molecule has 0 aliphatic rings. The number of hydrogen-bond donors (Lipinski definition) is 3. The molecule has 0 atom stereocenters. The standard InChI is InChI=1S/C28H32N4O2Si/c1-28(2,3)35(4,5)34-27-25(15-19-17-30-23-13-9-7-11-21(19)23)31-26(33)24(32-27)14-18-16-29-22-12-8-6-10-20(18)22/h6-13,16-17,29-30H,14-15H2,1-5H3,(H,31,33). The van der Waals surface area contributed by atoms with Gasteiger partial charge in [-0.2, -0.15) is 0 Å². The number of nitrogens with zero attached hydrogens (tertiary/aromatic N) is 1. The largest absolute Gasteiger partial charge is 0.529 e. The second kappa shape index (κ2) is 8.57. The van der Waals surface area contributed by atoms with E-state index < -0.39 is 8.32 Å². The second-order valence-corrected chi connectivity index (χ2v) is 15.5. The van der Waals surface area contributed by atoms with E-state index in [-0.39, 0.29) is 10.6 Å². The van der Waals surface area contributed by atoms with Crippen molar-refractivity contribution in [1.82, 2.24) is 19.9 Å². The quantitative estimate of drug-likeness (QED) is 0.247. The molecule has 0 bridgehead atoms. The molecule has 7 heteroatoms. The number of aromatic amines is 3. The van der Waals surface area contributed by atoms with Gasteiger partial charge in [-0.3, -0.25) is 4.79 Å². The molecule has 0 saturated carbocycles. The molecule has 3 aromatic heterocycles. The SMILES string of the molecule is CC(C)(C)[Si](C)(C)Oc1nc(Cc2c[nH]c3ccccc23)c(=O)[nH]c1Cc1c[nH]c2ccccc12. The summed E-state index contributed by atoms with van der Waals surface area (Å²) in [5.74, 6) is 0.538. The molecule has 3 N–H and O–H groups in total. The smallest absolute Gasteiger partial charge is 0.270 e. The number of rotatable bonds is 6. The molecule has 0 saturated heterocycles. The van der Waals surface area contributed by atoms with E-state index in [2.05, 4.69) is 67.0 Å². The number of para-hydroxylation sites is 2. The second-order valence-electron chi connectivity index (χ2n) is 10.7. The minimum atomic E-state index is -2.19. The number of nitrogens with one attached hydrogen (secondary N) is 3. The topological polar surface area (TPSA) is 86.6 Å². The van der Waals surface area contributed by atoms with Crippen molar-refractivity contribution in [2.75, 3.05) is 0 Å². The average molecular weight is 485 g/mol. The first-order valence-electron chi connectivity index (χ1n) is 12.0. The van der Waals surface area contributed by atoms with Crippen molar-refractivity contribution in [3.8, 4) is 5.88 Å². The van der Waals surface area contributed by atoms with Crippen LogP contribution in [0.4, 0.5) is 0 Å². The van der Waals surface area contributed by atoms with E-state index in [0.717, 1.165) is 32.9 Å². The highest BCUT2D eigenvalue weighted by Gasteiger charge is 2.40. The molecule has 0 unspecified atom stereocenters. The third kappa shape index (κ3) is 4.44. The number of fused-ring (bicyclic) bond motifs is 2. The van der Waals surface area contributed by atoms with Crippen LogP contribution in [-0.2, 0) is 12.8 Å². The summed E-state index contributed by atoms with van der Waals surface area (Å²) in [6.45, 7) is 11.0. The molecule has 0 aliphatic carbocycles. The Bertz CT molecular complexity index is 1570. The van der Waals surface area contributed by atoms with Crippen LogP contribution in [0.2, 0.25) is 18.1 Å². The molecule has 0 radical (unpaired) electrons. The van der Waals surface area contributed by atoms with Gasteiger partial charge in [-0.05, 0) is 41.4 Å².